The molecule has 2 amide bonds. The molecule has 3 rings (SSSR count). The third-order valence-electron chi connectivity index (χ3n) is 4.15. The van der Waals surface area contributed by atoms with Crippen LogP contribution in [0.15, 0.2) is 18.2 Å². The first kappa shape index (κ1) is 19.3. The minimum atomic E-state index is -0.528. The highest BCUT2D eigenvalue weighted by atomic mass is 35.5. The lowest BCUT2D eigenvalue weighted by Gasteiger charge is -2.30. The van der Waals surface area contributed by atoms with Gasteiger partial charge in [-0.25, -0.2) is 9.18 Å². The molecule has 2 N–H and O–H groups in total. The normalized spacial score (nSPS) is 20.1. The van der Waals surface area contributed by atoms with E-state index in [2.05, 4.69) is 10.6 Å². The van der Waals surface area contributed by atoms with Crippen molar-refractivity contribution in [1.82, 2.24) is 10.6 Å². The topological polar surface area (TPSA) is 73.9 Å². The first-order chi connectivity index (χ1) is 11.5. The molecule has 0 saturated carbocycles. The standard InChI is InChI=1S/C16H21FN4O3.ClH/c1-11(22)19-9-13-10-21(16(23)24-13)12-2-3-15(14(17)8-12)20-6-4-18-5-7-20;/h2-3,8,13,18H,4-7,9-10H2,1H3,(H,19,22);1H/t13-;/m0./s1. The van der Waals surface area contributed by atoms with Crippen LogP contribution in [0, 0.1) is 5.82 Å². The van der Waals surface area contributed by atoms with Crippen LogP contribution in [-0.2, 0) is 9.53 Å². The number of cyclic esters (lactones) is 1. The molecule has 7 nitrogen and oxygen atoms in total. The zero-order chi connectivity index (χ0) is 17.1. The smallest absolute Gasteiger partial charge is 0.414 e. The zero-order valence-corrected chi connectivity index (χ0v) is 14.8. The van der Waals surface area contributed by atoms with E-state index in [0.29, 0.717) is 11.4 Å². The van der Waals surface area contributed by atoms with E-state index >= 15 is 0 Å². The van der Waals surface area contributed by atoms with Gasteiger partial charge in [0.15, 0.2) is 0 Å². The average molecular weight is 373 g/mol. The third-order valence-corrected chi connectivity index (χ3v) is 4.15. The average Bonchev–Trinajstić information content (AvgIpc) is 2.94. The highest BCUT2D eigenvalue weighted by Gasteiger charge is 2.32. The number of carbonyl (C=O) groups is 2. The Balaban J connectivity index is 0.00000225. The van der Waals surface area contributed by atoms with Crippen molar-refractivity contribution in [2.45, 2.75) is 13.0 Å². The second-order valence-corrected chi connectivity index (χ2v) is 5.93. The Morgan fingerprint density at radius 1 is 1.40 bits per heavy atom. The summed E-state index contributed by atoms with van der Waals surface area (Å²) in [6.45, 7) is 5.08. The summed E-state index contributed by atoms with van der Waals surface area (Å²) in [5.41, 5.74) is 1.00. The van der Waals surface area contributed by atoms with E-state index in [9.17, 15) is 14.0 Å². The highest BCUT2D eigenvalue weighted by molar-refractivity contribution is 5.90. The van der Waals surface area contributed by atoms with Crippen molar-refractivity contribution in [3.63, 3.8) is 0 Å². The Hall–Kier alpha value is -2.06. The summed E-state index contributed by atoms with van der Waals surface area (Å²) in [6.07, 6.45) is -0.961. The first-order valence-electron chi connectivity index (χ1n) is 8.02. The summed E-state index contributed by atoms with van der Waals surface area (Å²) < 4.78 is 19.7. The van der Waals surface area contributed by atoms with Crippen LogP contribution >= 0.6 is 12.4 Å². The van der Waals surface area contributed by atoms with Gasteiger partial charge in [0.25, 0.3) is 0 Å². The minimum absolute atomic E-state index is 0. The molecule has 0 radical (unpaired) electrons. The molecule has 2 aliphatic rings. The number of piperazine rings is 1. The Labute approximate surface area is 151 Å². The molecule has 9 heteroatoms. The second kappa shape index (κ2) is 8.35. The number of carbonyl (C=O) groups excluding carboxylic acids is 2. The van der Waals surface area contributed by atoms with Crippen molar-refractivity contribution in [3.05, 3.63) is 24.0 Å². The molecular weight excluding hydrogens is 351 g/mol. The molecule has 1 atom stereocenters. The summed E-state index contributed by atoms with van der Waals surface area (Å²) in [6, 6.07) is 4.78. The van der Waals surface area contributed by atoms with Crippen molar-refractivity contribution in [3.8, 4) is 0 Å². The number of nitrogens with one attached hydrogen (secondary N) is 2. The number of amides is 2. The Morgan fingerprint density at radius 3 is 2.76 bits per heavy atom. The predicted octanol–water partition coefficient (Wildman–Crippen LogP) is 1.12. The molecule has 1 aromatic rings. The van der Waals surface area contributed by atoms with Crippen LogP contribution in [0.5, 0.6) is 0 Å². The monoisotopic (exact) mass is 372 g/mol. The van der Waals surface area contributed by atoms with Gasteiger partial charge in [0, 0.05) is 33.1 Å². The summed E-state index contributed by atoms with van der Waals surface area (Å²) >= 11 is 0. The Bertz CT molecular complexity index is 640. The number of anilines is 2. The van der Waals surface area contributed by atoms with Crippen LogP contribution in [0.4, 0.5) is 20.6 Å². The number of hydrogen-bond acceptors (Lipinski definition) is 5. The van der Waals surface area contributed by atoms with Crippen molar-refractivity contribution in [1.29, 1.82) is 0 Å². The molecule has 0 spiro atoms. The van der Waals surface area contributed by atoms with Gasteiger partial charge in [-0.15, -0.1) is 12.4 Å². The third kappa shape index (κ3) is 4.52. The number of nitrogens with zero attached hydrogens (tertiary/aromatic N) is 2. The summed E-state index contributed by atoms with van der Waals surface area (Å²) in [7, 11) is 0. The minimum Gasteiger partial charge on any atom is -0.442 e. The van der Waals surface area contributed by atoms with Crippen molar-refractivity contribution in [2.24, 2.45) is 0 Å². The summed E-state index contributed by atoms with van der Waals surface area (Å²) in [4.78, 5) is 26.3. The van der Waals surface area contributed by atoms with Crippen LogP contribution < -0.4 is 20.4 Å². The van der Waals surface area contributed by atoms with Crippen molar-refractivity contribution < 1.29 is 18.7 Å². The number of hydrogen-bond donors (Lipinski definition) is 2. The molecule has 0 aliphatic carbocycles. The lowest BCUT2D eigenvalue weighted by atomic mass is 10.2. The summed E-state index contributed by atoms with van der Waals surface area (Å²) in [5.74, 6) is -0.538. The highest BCUT2D eigenvalue weighted by Crippen LogP contribution is 2.28. The van der Waals surface area contributed by atoms with E-state index in [1.165, 1.54) is 17.9 Å². The molecule has 2 heterocycles. The molecule has 0 aromatic heterocycles. The molecule has 25 heavy (non-hydrogen) atoms. The van der Waals surface area contributed by atoms with Crippen LogP contribution in [0.3, 0.4) is 0 Å². The van der Waals surface area contributed by atoms with E-state index in [-0.39, 0.29) is 37.2 Å². The second-order valence-electron chi connectivity index (χ2n) is 5.93. The van der Waals surface area contributed by atoms with Crippen LogP contribution in [-0.4, -0.2) is 57.4 Å². The zero-order valence-electron chi connectivity index (χ0n) is 14.0. The Morgan fingerprint density at radius 2 is 2.12 bits per heavy atom. The predicted molar refractivity (Wildman–Crippen MR) is 95.0 cm³/mol. The van der Waals surface area contributed by atoms with Crippen LogP contribution in [0.25, 0.3) is 0 Å². The molecule has 2 saturated heterocycles. The van der Waals surface area contributed by atoms with Gasteiger partial charge in [0.05, 0.1) is 24.5 Å². The van der Waals surface area contributed by atoms with Crippen molar-refractivity contribution >= 4 is 35.8 Å². The van der Waals surface area contributed by atoms with Crippen molar-refractivity contribution in [2.75, 3.05) is 49.1 Å². The fraction of sp³-hybridized carbons (Fsp3) is 0.500. The van der Waals surface area contributed by atoms with Gasteiger partial charge >= 0.3 is 6.09 Å². The summed E-state index contributed by atoms with van der Waals surface area (Å²) in [5, 5.41) is 5.84. The van der Waals surface area contributed by atoms with Gasteiger partial charge < -0.3 is 20.3 Å². The van der Waals surface area contributed by atoms with E-state index < -0.39 is 12.2 Å². The lowest BCUT2D eigenvalue weighted by Crippen LogP contribution is -2.43. The van der Waals surface area contributed by atoms with E-state index in [1.807, 2.05) is 4.90 Å². The van der Waals surface area contributed by atoms with Crippen LogP contribution in [0.1, 0.15) is 6.92 Å². The lowest BCUT2D eigenvalue weighted by molar-refractivity contribution is -0.119. The molecule has 1 aromatic carbocycles. The SMILES string of the molecule is CC(=O)NC[C@H]1CN(c2ccc(N3CCNCC3)c(F)c2)C(=O)O1.Cl. The maximum absolute atomic E-state index is 14.5. The van der Waals surface area contributed by atoms with Gasteiger partial charge in [-0.1, -0.05) is 0 Å². The maximum Gasteiger partial charge on any atom is 0.414 e. The molecular formula is C16H22ClFN4O3. The van der Waals surface area contributed by atoms with E-state index in [1.54, 1.807) is 12.1 Å². The van der Waals surface area contributed by atoms with Gasteiger partial charge in [-0.2, -0.15) is 0 Å². The number of halogens is 2. The van der Waals surface area contributed by atoms with Gasteiger partial charge in [0.2, 0.25) is 5.91 Å². The molecule has 2 aliphatic heterocycles. The van der Waals surface area contributed by atoms with Crippen LogP contribution in [0.2, 0.25) is 0 Å². The number of rotatable bonds is 4. The maximum atomic E-state index is 14.5. The molecule has 2 fully saturated rings. The fourth-order valence-corrected chi connectivity index (χ4v) is 2.92. The van der Waals surface area contributed by atoms with Gasteiger partial charge in [-0.3, -0.25) is 9.69 Å². The van der Waals surface area contributed by atoms with Gasteiger partial charge in [-0.05, 0) is 18.2 Å². The quantitative estimate of drug-likeness (QED) is 0.828. The Kier molecular flexibility index (Phi) is 6.44. The van der Waals surface area contributed by atoms with E-state index in [4.69, 9.17) is 4.74 Å². The number of ether oxygens (including phenoxy) is 1. The molecule has 138 valence electrons. The fourth-order valence-electron chi connectivity index (χ4n) is 2.92. The van der Waals surface area contributed by atoms with Gasteiger partial charge in [0.1, 0.15) is 11.9 Å². The molecule has 0 unspecified atom stereocenters. The first-order valence-corrected chi connectivity index (χ1v) is 8.02. The van der Waals surface area contributed by atoms with E-state index in [0.717, 1.165) is 26.2 Å². The largest absolute Gasteiger partial charge is 0.442 e. The molecule has 0 bridgehead atoms. The number of benzene rings is 1.